The zero-order valence-electron chi connectivity index (χ0n) is 14.8. The molecular formula is C21H24N2O2. The molecule has 25 heavy (non-hydrogen) atoms. The molecular weight excluding hydrogens is 312 g/mol. The van der Waals surface area contributed by atoms with Crippen molar-refractivity contribution in [2.45, 2.75) is 39.7 Å². The Hall–Kier alpha value is -2.62. The molecule has 0 radical (unpaired) electrons. The van der Waals surface area contributed by atoms with Gasteiger partial charge in [0.25, 0.3) is 5.91 Å². The van der Waals surface area contributed by atoms with Gasteiger partial charge in [0.1, 0.15) is 0 Å². The Morgan fingerprint density at radius 1 is 1.04 bits per heavy atom. The van der Waals surface area contributed by atoms with Crippen LogP contribution in [0.2, 0.25) is 0 Å². The Balaban J connectivity index is 1.73. The number of carbonyl (C=O) groups excluding carboxylic acids is 2. The van der Waals surface area contributed by atoms with E-state index in [9.17, 15) is 9.59 Å². The van der Waals surface area contributed by atoms with Crippen molar-refractivity contribution in [2.75, 3.05) is 11.9 Å². The fourth-order valence-corrected chi connectivity index (χ4v) is 3.17. The number of nitrogens with zero attached hydrogens (tertiary/aromatic N) is 1. The number of anilines is 1. The smallest absolute Gasteiger partial charge is 0.255 e. The Labute approximate surface area is 148 Å². The molecule has 130 valence electrons. The standard InChI is InChI=1S/C21H24N2O2/c1-3-15-5-7-17(8-6-15)21(25)22-19-10-9-16-11-12-23(20(24)4-2)14-18(16)13-19/h5-10,13H,3-4,11-12,14H2,1-2H3,(H,22,25). The predicted molar refractivity (Wildman–Crippen MR) is 99.6 cm³/mol. The van der Waals surface area contributed by atoms with Crippen LogP contribution in [0.25, 0.3) is 0 Å². The summed E-state index contributed by atoms with van der Waals surface area (Å²) in [7, 11) is 0. The molecule has 1 aliphatic heterocycles. The van der Waals surface area contributed by atoms with Crippen LogP contribution in [-0.2, 0) is 24.2 Å². The number of benzene rings is 2. The molecule has 0 spiro atoms. The molecule has 0 unspecified atom stereocenters. The molecule has 0 aliphatic carbocycles. The van der Waals surface area contributed by atoms with Crippen molar-refractivity contribution in [3.63, 3.8) is 0 Å². The fraction of sp³-hybridized carbons (Fsp3) is 0.333. The van der Waals surface area contributed by atoms with Gasteiger partial charge in [-0.05, 0) is 53.8 Å². The molecule has 4 heteroatoms. The van der Waals surface area contributed by atoms with E-state index < -0.39 is 0 Å². The van der Waals surface area contributed by atoms with Crippen LogP contribution in [0, 0.1) is 0 Å². The molecule has 0 fully saturated rings. The molecule has 3 rings (SSSR count). The SMILES string of the molecule is CCC(=O)N1CCc2ccc(NC(=O)c3ccc(CC)cc3)cc2C1. The molecule has 0 saturated heterocycles. The molecule has 1 aliphatic rings. The van der Waals surface area contributed by atoms with Crippen molar-refractivity contribution in [3.05, 3.63) is 64.7 Å². The van der Waals surface area contributed by atoms with Gasteiger partial charge in [-0.25, -0.2) is 0 Å². The Kier molecular flexibility index (Phi) is 5.17. The first kappa shape index (κ1) is 17.2. The van der Waals surface area contributed by atoms with E-state index in [2.05, 4.69) is 18.3 Å². The van der Waals surface area contributed by atoms with Crippen LogP contribution in [0.5, 0.6) is 0 Å². The van der Waals surface area contributed by atoms with Crippen molar-refractivity contribution >= 4 is 17.5 Å². The van der Waals surface area contributed by atoms with Crippen molar-refractivity contribution < 1.29 is 9.59 Å². The predicted octanol–water partition coefficient (Wildman–Crippen LogP) is 3.80. The quantitative estimate of drug-likeness (QED) is 0.923. The number of fused-ring (bicyclic) bond motifs is 1. The molecule has 2 aromatic carbocycles. The van der Waals surface area contributed by atoms with Crippen LogP contribution in [-0.4, -0.2) is 23.3 Å². The number of hydrogen-bond donors (Lipinski definition) is 1. The summed E-state index contributed by atoms with van der Waals surface area (Å²) in [5, 5.41) is 2.96. The first-order valence-electron chi connectivity index (χ1n) is 8.90. The normalized spacial score (nSPS) is 13.3. The molecule has 2 amide bonds. The van der Waals surface area contributed by atoms with Gasteiger partial charge in [0.05, 0.1) is 0 Å². The Bertz CT molecular complexity index is 781. The number of aryl methyl sites for hydroxylation is 1. The summed E-state index contributed by atoms with van der Waals surface area (Å²) in [5.41, 5.74) is 5.01. The molecule has 1 N–H and O–H groups in total. The second kappa shape index (κ2) is 7.51. The highest BCUT2D eigenvalue weighted by Crippen LogP contribution is 2.23. The van der Waals surface area contributed by atoms with Crippen LogP contribution in [0.15, 0.2) is 42.5 Å². The maximum atomic E-state index is 12.4. The zero-order valence-corrected chi connectivity index (χ0v) is 14.8. The van der Waals surface area contributed by atoms with Gasteiger partial charge in [-0.2, -0.15) is 0 Å². The van der Waals surface area contributed by atoms with Crippen LogP contribution < -0.4 is 5.32 Å². The summed E-state index contributed by atoms with van der Waals surface area (Å²) >= 11 is 0. The summed E-state index contributed by atoms with van der Waals surface area (Å²) in [6.45, 7) is 5.37. The van der Waals surface area contributed by atoms with Gasteiger partial charge in [0, 0.05) is 30.8 Å². The van der Waals surface area contributed by atoms with Crippen LogP contribution in [0.3, 0.4) is 0 Å². The summed E-state index contributed by atoms with van der Waals surface area (Å²) in [4.78, 5) is 26.2. The number of amides is 2. The van der Waals surface area contributed by atoms with E-state index in [1.165, 1.54) is 11.1 Å². The number of carbonyl (C=O) groups is 2. The van der Waals surface area contributed by atoms with E-state index in [1.807, 2.05) is 48.2 Å². The van der Waals surface area contributed by atoms with Gasteiger partial charge in [-0.1, -0.05) is 32.0 Å². The Morgan fingerprint density at radius 3 is 2.48 bits per heavy atom. The zero-order chi connectivity index (χ0) is 17.8. The van der Waals surface area contributed by atoms with Crippen molar-refractivity contribution in [1.82, 2.24) is 4.90 Å². The maximum Gasteiger partial charge on any atom is 0.255 e. The molecule has 4 nitrogen and oxygen atoms in total. The van der Waals surface area contributed by atoms with Crippen LogP contribution >= 0.6 is 0 Å². The molecule has 2 aromatic rings. The first-order valence-corrected chi connectivity index (χ1v) is 8.90. The third-order valence-corrected chi connectivity index (χ3v) is 4.76. The average Bonchev–Trinajstić information content (AvgIpc) is 2.66. The number of nitrogens with one attached hydrogen (secondary N) is 1. The highest BCUT2D eigenvalue weighted by molar-refractivity contribution is 6.04. The van der Waals surface area contributed by atoms with Gasteiger partial charge in [-0.3, -0.25) is 9.59 Å². The monoisotopic (exact) mass is 336 g/mol. The maximum absolute atomic E-state index is 12.4. The summed E-state index contributed by atoms with van der Waals surface area (Å²) in [6, 6.07) is 13.7. The van der Waals surface area contributed by atoms with Gasteiger partial charge in [-0.15, -0.1) is 0 Å². The van der Waals surface area contributed by atoms with Crippen molar-refractivity contribution in [2.24, 2.45) is 0 Å². The molecule has 0 aromatic heterocycles. The molecule has 0 saturated carbocycles. The third kappa shape index (κ3) is 3.90. The lowest BCUT2D eigenvalue weighted by atomic mass is 9.98. The van der Waals surface area contributed by atoms with E-state index >= 15 is 0 Å². The summed E-state index contributed by atoms with van der Waals surface area (Å²) in [6.07, 6.45) is 2.35. The molecule has 0 atom stereocenters. The van der Waals surface area contributed by atoms with Gasteiger partial charge >= 0.3 is 0 Å². The minimum Gasteiger partial charge on any atom is -0.338 e. The lowest BCUT2D eigenvalue weighted by Crippen LogP contribution is -2.35. The van der Waals surface area contributed by atoms with E-state index in [1.54, 1.807) is 0 Å². The second-order valence-electron chi connectivity index (χ2n) is 6.41. The average molecular weight is 336 g/mol. The third-order valence-electron chi connectivity index (χ3n) is 4.76. The van der Waals surface area contributed by atoms with E-state index in [0.717, 1.165) is 30.6 Å². The lowest BCUT2D eigenvalue weighted by Gasteiger charge is -2.29. The topological polar surface area (TPSA) is 49.4 Å². The van der Waals surface area contributed by atoms with Gasteiger partial charge in [0.2, 0.25) is 5.91 Å². The summed E-state index contributed by atoms with van der Waals surface area (Å²) < 4.78 is 0. The largest absolute Gasteiger partial charge is 0.338 e. The fourth-order valence-electron chi connectivity index (χ4n) is 3.17. The molecule has 0 bridgehead atoms. The Morgan fingerprint density at radius 2 is 1.80 bits per heavy atom. The highest BCUT2D eigenvalue weighted by atomic mass is 16.2. The van der Waals surface area contributed by atoms with Crippen molar-refractivity contribution in [3.8, 4) is 0 Å². The van der Waals surface area contributed by atoms with E-state index in [-0.39, 0.29) is 11.8 Å². The van der Waals surface area contributed by atoms with Crippen LogP contribution in [0.1, 0.15) is 47.3 Å². The second-order valence-corrected chi connectivity index (χ2v) is 6.41. The lowest BCUT2D eigenvalue weighted by molar-refractivity contribution is -0.131. The van der Waals surface area contributed by atoms with E-state index in [4.69, 9.17) is 0 Å². The van der Waals surface area contributed by atoms with Gasteiger partial charge in [0.15, 0.2) is 0 Å². The van der Waals surface area contributed by atoms with Crippen LogP contribution in [0.4, 0.5) is 5.69 Å². The minimum atomic E-state index is -0.111. The first-order chi connectivity index (χ1) is 12.1. The highest BCUT2D eigenvalue weighted by Gasteiger charge is 2.20. The van der Waals surface area contributed by atoms with Crippen molar-refractivity contribution in [1.29, 1.82) is 0 Å². The van der Waals surface area contributed by atoms with E-state index in [0.29, 0.717) is 18.5 Å². The van der Waals surface area contributed by atoms with Gasteiger partial charge < -0.3 is 10.2 Å². The number of rotatable bonds is 4. The minimum absolute atomic E-state index is 0.111. The number of hydrogen-bond acceptors (Lipinski definition) is 2. The summed E-state index contributed by atoms with van der Waals surface area (Å²) in [5.74, 6) is 0.0657. The molecule has 1 heterocycles.